The lowest BCUT2D eigenvalue weighted by atomic mass is 10.3. The van der Waals surface area contributed by atoms with Gasteiger partial charge in [-0.1, -0.05) is 0 Å². The third-order valence-corrected chi connectivity index (χ3v) is 2.33. The van der Waals surface area contributed by atoms with Crippen LogP contribution >= 0.6 is 22.6 Å². The molecule has 1 N–H and O–H groups in total. The largest absolute Gasteiger partial charge is 0.573 e. The highest BCUT2D eigenvalue weighted by molar-refractivity contribution is 14.1. The van der Waals surface area contributed by atoms with Gasteiger partial charge in [-0.2, -0.15) is 0 Å². The summed E-state index contributed by atoms with van der Waals surface area (Å²) in [5.74, 6) is -0.319. The predicted octanol–water partition coefficient (Wildman–Crippen LogP) is 2.39. The highest BCUT2D eigenvalue weighted by Crippen LogP contribution is 2.30. The molecule has 0 unspecified atom stereocenters. The van der Waals surface area contributed by atoms with Crippen molar-refractivity contribution in [2.45, 2.75) is 19.9 Å². The van der Waals surface area contributed by atoms with Crippen molar-refractivity contribution in [2.75, 3.05) is 0 Å². The highest BCUT2D eigenvalue weighted by atomic mass is 127. The third-order valence-electron chi connectivity index (χ3n) is 1.53. The van der Waals surface area contributed by atoms with Gasteiger partial charge in [-0.25, -0.2) is 0 Å². The first-order chi connectivity index (χ1) is 6.83. The van der Waals surface area contributed by atoms with Gasteiger partial charge in [-0.15, -0.1) is 13.2 Å². The van der Waals surface area contributed by atoms with Gasteiger partial charge < -0.3 is 9.84 Å². The summed E-state index contributed by atoms with van der Waals surface area (Å²) >= 11 is 1.70. The summed E-state index contributed by atoms with van der Waals surface area (Å²) in [7, 11) is 0. The van der Waals surface area contributed by atoms with E-state index in [9.17, 15) is 13.2 Å². The van der Waals surface area contributed by atoms with Crippen LogP contribution in [0, 0.1) is 10.5 Å². The number of aromatic nitrogens is 1. The van der Waals surface area contributed by atoms with Crippen LogP contribution in [0.4, 0.5) is 13.2 Å². The molecule has 15 heavy (non-hydrogen) atoms. The van der Waals surface area contributed by atoms with E-state index in [0.717, 1.165) is 0 Å². The summed E-state index contributed by atoms with van der Waals surface area (Å²) in [4.78, 5) is 3.76. The van der Waals surface area contributed by atoms with Crippen molar-refractivity contribution in [1.29, 1.82) is 0 Å². The smallest absolute Gasteiger partial charge is 0.403 e. The number of hydrogen-bond donors (Lipinski definition) is 1. The molecule has 0 radical (unpaired) electrons. The molecule has 0 saturated heterocycles. The van der Waals surface area contributed by atoms with Crippen molar-refractivity contribution in [2.24, 2.45) is 0 Å². The monoisotopic (exact) mass is 333 g/mol. The molecule has 0 aliphatic carbocycles. The molecule has 7 heteroatoms. The molecule has 1 aromatic heterocycles. The Morgan fingerprint density at radius 1 is 1.53 bits per heavy atom. The lowest BCUT2D eigenvalue weighted by Gasteiger charge is -2.13. The van der Waals surface area contributed by atoms with Gasteiger partial charge in [0.15, 0.2) is 5.75 Å². The Hall–Kier alpha value is -0.570. The van der Waals surface area contributed by atoms with Gasteiger partial charge in [0.05, 0.1) is 21.6 Å². The van der Waals surface area contributed by atoms with Gasteiger partial charge in [0, 0.05) is 0 Å². The lowest BCUT2D eigenvalue weighted by molar-refractivity contribution is -0.275. The summed E-state index contributed by atoms with van der Waals surface area (Å²) in [5, 5.41) is 8.78. The second-order valence-corrected chi connectivity index (χ2v) is 3.88. The third kappa shape index (κ3) is 3.49. The van der Waals surface area contributed by atoms with E-state index in [1.807, 2.05) is 0 Å². The standard InChI is InChI=1S/C8H7F3INO2/c1-4-7(15-8(9,10)11)6(12)2-5(3-14)13-4/h2,14H,3H2,1H3. The van der Waals surface area contributed by atoms with Crippen molar-refractivity contribution in [3.63, 3.8) is 0 Å². The molecule has 0 saturated carbocycles. The van der Waals surface area contributed by atoms with Crippen LogP contribution in [0.5, 0.6) is 5.75 Å². The molecule has 1 aromatic rings. The molecule has 84 valence electrons. The van der Waals surface area contributed by atoms with Crippen LogP contribution in [0.15, 0.2) is 6.07 Å². The number of hydrogen-bond acceptors (Lipinski definition) is 3. The van der Waals surface area contributed by atoms with E-state index in [0.29, 0.717) is 5.69 Å². The predicted molar refractivity (Wildman–Crippen MR) is 54.3 cm³/mol. The maximum atomic E-state index is 12.0. The lowest BCUT2D eigenvalue weighted by Crippen LogP contribution is -2.19. The first-order valence-corrected chi connectivity index (χ1v) is 4.94. The summed E-state index contributed by atoms with van der Waals surface area (Å²) in [6.45, 7) is 1.07. The Morgan fingerprint density at radius 2 is 2.13 bits per heavy atom. The summed E-state index contributed by atoms with van der Waals surface area (Å²) in [6.07, 6.45) is -4.73. The Morgan fingerprint density at radius 3 is 2.53 bits per heavy atom. The van der Waals surface area contributed by atoms with E-state index in [1.165, 1.54) is 13.0 Å². The topological polar surface area (TPSA) is 42.4 Å². The quantitative estimate of drug-likeness (QED) is 0.845. The molecule has 0 aliphatic rings. The van der Waals surface area contributed by atoms with Crippen molar-refractivity contribution >= 4 is 22.6 Å². The molecule has 0 amide bonds. The Balaban J connectivity index is 3.09. The number of pyridine rings is 1. The molecule has 0 fully saturated rings. The maximum absolute atomic E-state index is 12.0. The molecule has 0 bridgehead atoms. The number of aryl methyl sites for hydroxylation is 1. The van der Waals surface area contributed by atoms with Crippen LogP contribution in [0.1, 0.15) is 11.4 Å². The molecule has 0 atom stereocenters. The number of aliphatic hydroxyl groups is 1. The maximum Gasteiger partial charge on any atom is 0.573 e. The summed E-state index contributed by atoms with van der Waals surface area (Å²) in [6, 6.07) is 1.34. The Kier molecular flexibility index (Phi) is 3.77. The van der Waals surface area contributed by atoms with Gasteiger partial charge in [-0.3, -0.25) is 4.98 Å². The fourth-order valence-corrected chi connectivity index (χ4v) is 1.86. The molecule has 1 heterocycles. The highest BCUT2D eigenvalue weighted by Gasteiger charge is 2.33. The number of nitrogens with zero attached hydrogens (tertiary/aromatic N) is 1. The SMILES string of the molecule is Cc1nc(CO)cc(I)c1OC(F)(F)F. The molecular weight excluding hydrogens is 326 g/mol. The van der Waals surface area contributed by atoms with E-state index in [1.54, 1.807) is 22.6 Å². The minimum atomic E-state index is -4.73. The molecule has 1 rings (SSSR count). The van der Waals surface area contributed by atoms with E-state index in [2.05, 4.69) is 9.72 Å². The average Bonchev–Trinajstić information content (AvgIpc) is 2.09. The number of rotatable bonds is 2. The average molecular weight is 333 g/mol. The number of ether oxygens (including phenoxy) is 1. The van der Waals surface area contributed by atoms with Crippen LogP contribution in [0.2, 0.25) is 0 Å². The molecule has 3 nitrogen and oxygen atoms in total. The molecule has 0 aromatic carbocycles. The van der Waals surface area contributed by atoms with Crippen LogP contribution in [-0.2, 0) is 6.61 Å². The van der Waals surface area contributed by atoms with Crippen LogP contribution in [-0.4, -0.2) is 16.5 Å². The Labute approximate surface area is 97.4 Å². The zero-order valence-electron chi connectivity index (χ0n) is 7.60. The zero-order chi connectivity index (χ0) is 11.6. The number of aliphatic hydroxyl groups excluding tert-OH is 1. The minimum absolute atomic E-state index is 0.100. The zero-order valence-corrected chi connectivity index (χ0v) is 9.76. The molecule has 0 spiro atoms. The van der Waals surface area contributed by atoms with Crippen molar-refractivity contribution in [3.8, 4) is 5.75 Å². The van der Waals surface area contributed by atoms with Crippen LogP contribution in [0.25, 0.3) is 0 Å². The van der Waals surface area contributed by atoms with E-state index in [-0.39, 0.29) is 21.6 Å². The normalized spacial score (nSPS) is 11.6. The first-order valence-electron chi connectivity index (χ1n) is 3.86. The van der Waals surface area contributed by atoms with Crippen molar-refractivity contribution in [3.05, 3.63) is 21.0 Å². The minimum Gasteiger partial charge on any atom is -0.403 e. The first kappa shape index (κ1) is 12.5. The van der Waals surface area contributed by atoms with Gasteiger partial charge in [0.2, 0.25) is 0 Å². The van der Waals surface area contributed by atoms with Crippen LogP contribution in [0.3, 0.4) is 0 Å². The molecular formula is C8H7F3INO2. The van der Waals surface area contributed by atoms with Crippen LogP contribution < -0.4 is 4.74 Å². The van der Waals surface area contributed by atoms with E-state index in [4.69, 9.17) is 5.11 Å². The summed E-state index contributed by atoms with van der Waals surface area (Å²) in [5.41, 5.74) is 0.412. The van der Waals surface area contributed by atoms with Gasteiger partial charge in [0.25, 0.3) is 0 Å². The number of alkyl halides is 3. The molecule has 0 aliphatic heterocycles. The second-order valence-electron chi connectivity index (χ2n) is 2.72. The van der Waals surface area contributed by atoms with Gasteiger partial charge in [-0.05, 0) is 35.6 Å². The van der Waals surface area contributed by atoms with Crippen molar-refractivity contribution < 1.29 is 23.0 Å². The number of halogens is 4. The van der Waals surface area contributed by atoms with E-state index >= 15 is 0 Å². The van der Waals surface area contributed by atoms with E-state index < -0.39 is 6.36 Å². The Bertz CT molecular complexity index is 344. The van der Waals surface area contributed by atoms with Gasteiger partial charge in [0.1, 0.15) is 0 Å². The van der Waals surface area contributed by atoms with Crippen molar-refractivity contribution in [1.82, 2.24) is 4.98 Å². The summed E-state index contributed by atoms with van der Waals surface area (Å²) < 4.78 is 40.0. The second kappa shape index (κ2) is 4.52. The van der Waals surface area contributed by atoms with Gasteiger partial charge >= 0.3 is 6.36 Å². The fourth-order valence-electron chi connectivity index (χ4n) is 1.00. The fraction of sp³-hybridized carbons (Fsp3) is 0.375.